The third-order valence-corrected chi connectivity index (χ3v) is 27.7. The number of benzene rings is 8. The van der Waals surface area contributed by atoms with Crippen molar-refractivity contribution in [2.75, 3.05) is 80.7 Å². The van der Waals surface area contributed by atoms with Gasteiger partial charge < -0.3 is 65.9 Å². The van der Waals surface area contributed by atoms with E-state index in [1.165, 1.54) is 13.4 Å². The number of methoxy groups -OCH3 is 5. The fraction of sp³-hybridized carbons (Fsp3) is 0.213. The van der Waals surface area contributed by atoms with Gasteiger partial charge in [0.2, 0.25) is 47.3 Å². The number of aromatic nitrogens is 6. The first-order chi connectivity index (χ1) is 69.6. The van der Waals surface area contributed by atoms with Gasteiger partial charge in [-0.2, -0.15) is 5.10 Å². The van der Waals surface area contributed by atoms with E-state index in [1.807, 2.05) is 140 Å². The van der Waals surface area contributed by atoms with Crippen LogP contribution in [0.5, 0.6) is 28.7 Å². The first-order valence-corrected chi connectivity index (χ1v) is 45.9. The predicted molar refractivity (Wildman–Crippen MR) is 519 cm³/mol. The molecule has 12 amide bonds. The molecule has 722 valence electrons. The molecule has 16 heterocycles. The van der Waals surface area contributed by atoms with Crippen molar-refractivity contribution < 1.29 is 98.9 Å². The lowest BCUT2D eigenvalue weighted by Crippen LogP contribution is -2.46. The average molecular weight is 1930 g/mol. The molecule has 16 aromatic rings. The van der Waals surface area contributed by atoms with Crippen LogP contribution in [0.4, 0.5) is 5.82 Å². The summed E-state index contributed by atoms with van der Waals surface area (Å²) in [5.74, 6) is 0.925. The number of hydrogen-bond donors (Lipinski definition) is 4. The fourth-order valence-electron chi connectivity index (χ4n) is 20.1. The molecule has 8 aromatic heterocycles. The molecule has 4 saturated heterocycles. The van der Waals surface area contributed by atoms with Crippen molar-refractivity contribution in [1.29, 1.82) is 0 Å². The monoisotopic (exact) mass is 1930 g/mol. The second-order valence-corrected chi connectivity index (χ2v) is 36.7. The molecule has 8 aromatic carbocycles. The van der Waals surface area contributed by atoms with E-state index in [2.05, 4.69) is 46.3 Å². The maximum atomic E-state index is 13.3. The van der Waals surface area contributed by atoms with E-state index in [0.717, 1.165) is 88.7 Å². The summed E-state index contributed by atoms with van der Waals surface area (Å²) in [7, 11) is 11.6. The van der Waals surface area contributed by atoms with Crippen LogP contribution in [0, 0.1) is 0 Å². The van der Waals surface area contributed by atoms with Crippen molar-refractivity contribution in [3.05, 3.63) is 311 Å². The smallest absolute Gasteiger partial charge is 0.254 e. The number of anilines is 1. The summed E-state index contributed by atoms with van der Waals surface area (Å²) >= 11 is 0. The Morgan fingerprint density at radius 2 is 0.694 bits per heavy atom. The van der Waals surface area contributed by atoms with E-state index in [-0.39, 0.29) is 75.5 Å². The zero-order valence-electron chi connectivity index (χ0n) is 78.6. The van der Waals surface area contributed by atoms with Gasteiger partial charge in [0.25, 0.3) is 23.6 Å². The minimum atomic E-state index is -1.34. The van der Waals surface area contributed by atoms with Crippen molar-refractivity contribution in [3.8, 4) is 67.8 Å². The van der Waals surface area contributed by atoms with E-state index in [9.17, 15) is 57.5 Å². The molecule has 36 nitrogen and oxygen atoms in total. The van der Waals surface area contributed by atoms with Gasteiger partial charge in [0.1, 0.15) is 114 Å². The zero-order valence-corrected chi connectivity index (χ0v) is 78.6. The van der Waals surface area contributed by atoms with Crippen molar-refractivity contribution in [1.82, 2.24) is 70.6 Å². The van der Waals surface area contributed by atoms with Gasteiger partial charge in [0.15, 0.2) is 0 Å². The minimum Gasteiger partial charge on any atom is -0.497 e. The summed E-state index contributed by atoms with van der Waals surface area (Å²) in [5, 5.41) is 16.9. The molecule has 144 heavy (non-hydrogen) atoms. The maximum Gasteiger partial charge on any atom is 0.254 e. The Bertz CT molecular complexity index is 8050. The summed E-state index contributed by atoms with van der Waals surface area (Å²) in [6, 6.07) is 60.6. The largest absolute Gasteiger partial charge is 0.497 e. The van der Waals surface area contributed by atoms with Crippen molar-refractivity contribution >= 4 is 121 Å². The molecule has 8 aliphatic rings. The van der Waals surface area contributed by atoms with Crippen LogP contribution in [-0.2, 0) is 86.2 Å². The number of carbonyl (C=O) groups excluding carboxylic acids is 12. The van der Waals surface area contributed by atoms with E-state index in [0.29, 0.717) is 123 Å². The van der Waals surface area contributed by atoms with Crippen LogP contribution in [0.15, 0.2) is 261 Å². The number of fused-ring (bicyclic) bond motifs is 8. The number of ether oxygens (including phenoxy) is 5. The summed E-state index contributed by atoms with van der Waals surface area (Å²) in [4.78, 5) is 180. The third kappa shape index (κ3) is 16.5. The van der Waals surface area contributed by atoms with E-state index < -0.39 is 68.9 Å². The van der Waals surface area contributed by atoms with Gasteiger partial charge in [0.05, 0.1) is 66.9 Å². The number of hydrogen-bond acceptors (Lipinski definition) is 27. The lowest BCUT2D eigenvalue weighted by Gasteiger charge is -2.28. The summed E-state index contributed by atoms with van der Waals surface area (Å²) < 4.78 is 52.7. The highest BCUT2D eigenvalue weighted by molar-refractivity contribution is 6.14. The molecule has 0 unspecified atom stereocenters. The van der Waals surface area contributed by atoms with Gasteiger partial charge in [-0.3, -0.25) is 88.8 Å². The standard InChI is InChI=1S/C29H26N4O5.C28H23N3O6.C27H21N3O5.C24H19N5O5/c1-32(2)25-9-6-18(14-30-25)17-5-8-23-20(10-17)11-24(38-23)29(13-26(34)31-28(29)36)16-33-15-19-4-7-21(37-3)12-22(19)27(33)35;1-35-19-5-3-17-14-31(26(33)20(17)11-19)15-28(12-25(32)30-27(28)34)24-10-18-9-16(4-6-22(18)37-24)21-13-29-8-7-23(21)36-2;1-34-20-6-4-18-14-30(25(32)21(18)11-20)15-27(12-24(31)29-26(27)33)23-10-19-9-16(5-7-22(19)35-23)17-3-2-8-28-13-17;1-33-17-4-2-14-10-28(22(31)18(14)8-17)11-24(9-21(30)27-23(24)32)20-7-15-6-16(3-5-19(15)34-20)29-13-25-12-26-29/h4-12,14H,13,15-16H2,1-3H3,(H,31,34,36);3-11,13H,12,14-15H2,1-2H3,(H,30,32,34);2-11,13H,12,14-15H2,1H3,(H,29,31,33);2-8,12-13H,9-11H2,1H3,(H,27,30,32)/t29-;28-;27-;24-/m1111/s1. The van der Waals surface area contributed by atoms with Crippen LogP contribution in [-0.4, -0.2) is 196 Å². The Kier molecular flexibility index (Phi) is 23.4. The van der Waals surface area contributed by atoms with Crippen LogP contribution in [0.25, 0.3) is 82.9 Å². The minimum absolute atomic E-state index is 0.00348. The number of furan rings is 4. The van der Waals surface area contributed by atoms with Crippen LogP contribution >= 0.6 is 0 Å². The first-order valence-electron chi connectivity index (χ1n) is 45.9. The number of nitrogens with zero attached hydrogens (tertiary/aromatic N) is 11. The van der Waals surface area contributed by atoms with Gasteiger partial charge in [0, 0.05) is 158 Å². The lowest BCUT2D eigenvalue weighted by atomic mass is 9.82. The molecular formula is C108H89N15O21. The molecule has 0 saturated carbocycles. The highest BCUT2D eigenvalue weighted by atomic mass is 16.5. The van der Waals surface area contributed by atoms with E-state index in [1.54, 1.807) is 169 Å². The van der Waals surface area contributed by atoms with E-state index >= 15 is 0 Å². The van der Waals surface area contributed by atoms with Crippen LogP contribution in [0.3, 0.4) is 0 Å². The molecule has 8 aliphatic heterocycles. The molecule has 0 aliphatic carbocycles. The fourth-order valence-corrected chi connectivity index (χ4v) is 20.1. The van der Waals surface area contributed by atoms with Crippen molar-refractivity contribution in [2.24, 2.45) is 0 Å². The second kappa shape index (κ2) is 36.5. The SMILES string of the molecule is COc1ccc2c(c1)C(=O)N(C[C@@]1(c3cc4cc(-c5ccc(N(C)C)nc5)ccc4o3)CC(=O)NC1=O)C2.COc1ccc2c(c1)C(=O)N(C[C@@]1(c3cc4cc(-c5cccnc5)ccc4o3)CC(=O)NC1=O)C2.COc1ccc2c(c1)C(=O)N(C[C@@]1(c3cc4cc(-c5cnccc5OC)ccc4o3)CC(=O)NC1=O)C2.COc1ccc2c(c1)C(=O)N(C[C@@]1(c3cc4cc(-n5cncn5)ccc4o3)CC(=O)NC1=O)C2. The quantitative estimate of drug-likeness (QED) is 0.0458. The van der Waals surface area contributed by atoms with Gasteiger partial charge in [-0.15, -0.1) is 0 Å². The Hall–Kier alpha value is -18.3. The summed E-state index contributed by atoms with van der Waals surface area (Å²) in [6.07, 6.45) is 11.3. The normalized spacial score (nSPS) is 19.1. The number of rotatable bonds is 22. The van der Waals surface area contributed by atoms with Gasteiger partial charge >= 0.3 is 0 Å². The highest BCUT2D eigenvalue weighted by Crippen LogP contribution is 2.47. The molecule has 0 spiro atoms. The van der Waals surface area contributed by atoms with Crippen LogP contribution in [0.1, 0.15) is 112 Å². The summed E-state index contributed by atoms with van der Waals surface area (Å²) in [6.45, 7) is 1.39. The molecular weight excluding hydrogens is 1840 g/mol. The van der Waals surface area contributed by atoms with E-state index in [4.69, 9.17) is 41.4 Å². The number of imide groups is 4. The Labute approximate surface area is 819 Å². The van der Waals surface area contributed by atoms with Crippen LogP contribution < -0.4 is 49.9 Å². The zero-order chi connectivity index (χ0) is 99.9. The maximum absolute atomic E-state index is 13.3. The van der Waals surface area contributed by atoms with Crippen LogP contribution in [0.2, 0.25) is 0 Å². The predicted octanol–water partition coefficient (Wildman–Crippen LogP) is 12.4. The third-order valence-electron chi connectivity index (χ3n) is 27.7. The number of amides is 12. The molecule has 4 atom stereocenters. The Morgan fingerprint density at radius 3 is 1.02 bits per heavy atom. The molecule has 36 heteroatoms. The molecule has 24 rings (SSSR count). The van der Waals surface area contributed by atoms with Crippen molar-refractivity contribution in [2.45, 2.75) is 73.5 Å². The topological polar surface area (TPSA) is 437 Å². The lowest BCUT2D eigenvalue weighted by molar-refractivity contribution is -0.128. The number of carbonyl (C=O) groups is 12. The first kappa shape index (κ1) is 92.1. The van der Waals surface area contributed by atoms with Crippen molar-refractivity contribution in [3.63, 3.8) is 0 Å². The Balaban J connectivity index is 0.000000113. The number of pyridine rings is 3. The van der Waals surface area contributed by atoms with Gasteiger partial charge in [-0.05, 0) is 191 Å². The van der Waals surface area contributed by atoms with Gasteiger partial charge in [-0.25, -0.2) is 14.6 Å². The average Bonchev–Trinajstić information content (AvgIpc) is 1.60. The highest BCUT2D eigenvalue weighted by Gasteiger charge is 2.58. The molecule has 4 fully saturated rings. The molecule has 0 radical (unpaired) electrons. The molecule has 4 N–H and O–H groups in total. The Morgan fingerprint density at radius 1 is 0.340 bits per heavy atom. The number of nitrogens with one attached hydrogen (secondary N) is 4. The second-order valence-electron chi connectivity index (χ2n) is 36.7. The van der Waals surface area contributed by atoms with Gasteiger partial charge in [-0.1, -0.05) is 48.5 Å². The molecule has 0 bridgehead atoms. The summed E-state index contributed by atoms with van der Waals surface area (Å²) in [5.41, 5.74) is 8.76.